The zero-order chi connectivity index (χ0) is 14.4. The van der Waals surface area contributed by atoms with E-state index in [9.17, 15) is 9.59 Å². The number of carbonyl (C=O) groups excluding carboxylic acids is 2. The lowest BCUT2D eigenvalue weighted by atomic mass is 10.1. The first-order valence-corrected chi connectivity index (χ1v) is 7.72. The molecule has 2 rings (SSSR count). The van der Waals surface area contributed by atoms with Crippen LogP contribution in [-0.4, -0.2) is 42.7 Å². The van der Waals surface area contributed by atoms with Gasteiger partial charge in [-0.2, -0.15) is 0 Å². The van der Waals surface area contributed by atoms with Crippen LogP contribution < -0.4 is 0 Å². The summed E-state index contributed by atoms with van der Waals surface area (Å²) < 4.78 is 4.72. The molecule has 0 aromatic heterocycles. The fourth-order valence-electron chi connectivity index (χ4n) is 2.28. The van der Waals surface area contributed by atoms with Crippen molar-refractivity contribution in [3.63, 3.8) is 0 Å². The quantitative estimate of drug-likeness (QED) is 0.617. The topological polar surface area (TPSA) is 46.6 Å². The molecule has 0 aliphatic carbocycles. The maximum absolute atomic E-state index is 12.1. The van der Waals surface area contributed by atoms with E-state index in [1.165, 1.54) is 12.0 Å². The number of thioether (sulfide) groups is 1. The van der Waals surface area contributed by atoms with Crippen LogP contribution >= 0.6 is 11.8 Å². The minimum absolute atomic E-state index is 0.125. The molecule has 1 atom stereocenters. The van der Waals surface area contributed by atoms with Crippen LogP contribution in [0.25, 0.3) is 0 Å². The second-order valence-corrected chi connectivity index (χ2v) is 5.93. The zero-order valence-corrected chi connectivity index (χ0v) is 12.4. The maximum atomic E-state index is 12.1. The van der Waals surface area contributed by atoms with Crippen molar-refractivity contribution >= 4 is 23.6 Å². The monoisotopic (exact) mass is 293 g/mol. The van der Waals surface area contributed by atoms with Gasteiger partial charge in [-0.3, -0.25) is 9.59 Å². The molecule has 0 N–H and O–H groups in total. The van der Waals surface area contributed by atoms with Gasteiger partial charge in [0.1, 0.15) is 0 Å². The highest BCUT2D eigenvalue weighted by molar-refractivity contribution is 7.99. The van der Waals surface area contributed by atoms with Gasteiger partial charge in [-0.1, -0.05) is 18.2 Å². The summed E-state index contributed by atoms with van der Waals surface area (Å²) in [4.78, 5) is 26.4. The van der Waals surface area contributed by atoms with Crippen LogP contribution in [0.5, 0.6) is 0 Å². The molecule has 0 spiro atoms. The van der Waals surface area contributed by atoms with Crippen molar-refractivity contribution in [2.75, 3.05) is 26.0 Å². The van der Waals surface area contributed by atoms with E-state index in [1.54, 1.807) is 16.7 Å². The molecule has 4 nitrogen and oxygen atoms in total. The summed E-state index contributed by atoms with van der Waals surface area (Å²) in [6.07, 6.45) is 1.22. The molecule has 1 saturated heterocycles. The van der Waals surface area contributed by atoms with Crippen molar-refractivity contribution in [1.29, 1.82) is 0 Å². The van der Waals surface area contributed by atoms with Crippen LogP contribution in [0.1, 0.15) is 12.8 Å². The minimum Gasteiger partial charge on any atom is -0.469 e. The standard InChI is InChI=1S/C15H19NO3S/c1-19-15(18)12-7-9-16(11-12)14(17)8-10-20-13-5-3-2-4-6-13/h2-6,12H,7-11H2,1H3. The fourth-order valence-corrected chi connectivity index (χ4v) is 3.14. The summed E-state index contributed by atoms with van der Waals surface area (Å²) in [6.45, 7) is 1.16. The number of benzene rings is 1. The van der Waals surface area contributed by atoms with Gasteiger partial charge in [-0.15, -0.1) is 11.8 Å². The highest BCUT2D eigenvalue weighted by Gasteiger charge is 2.31. The molecule has 5 heteroatoms. The maximum Gasteiger partial charge on any atom is 0.310 e. The molecule has 1 aromatic carbocycles. The largest absolute Gasteiger partial charge is 0.469 e. The number of nitrogens with zero attached hydrogens (tertiary/aromatic N) is 1. The average molecular weight is 293 g/mol. The number of ether oxygens (including phenoxy) is 1. The molecule has 1 unspecified atom stereocenters. The van der Waals surface area contributed by atoms with E-state index < -0.39 is 0 Å². The van der Waals surface area contributed by atoms with Gasteiger partial charge in [-0.05, 0) is 18.6 Å². The fraction of sp³-hybridized carbons (Fsp3) is 0.467. The van der Waals surface area contributed by atoms with E-state index in [-0.39, 0.29) is 17.8 Å². The van der Waals surface area contributed by atoms with E-state index in [4.69, 9.17) is 4.74 Å². The van der Waals surface area contributed by atoms with Crippen molar-refractivity contribution in [1.82, 2.24) is 4.90 Å². The van der Waals surface area contributed by atoms with E-state index >= 15 is 0 Å². The second-order valence-electron chi connectivity index (χ2n) is 4.76. The average Bonchev–Trinajstić information content (AvgIpc) is 2.97. The molecule has 1 aromatic rings. The third-order valence-corrected chi connectivity index (χ3v) is 4.42. The van der Waals surface area contributed by atoms with Gasteiger partial charge >= 0.3 is 5.97 Å². The van der Waals surface area contributed by atoms with Crippen molar-refractivity contribution in [3.8, 4) is 0 Å². The zero-order valence-electron chi connectivity index (χ0n) is 11.6. The Bertz CT molecular complexity index is 463. The van der Waals surface area contributed by atoms with Gasteiger partial charge in [0.05, 0.1) is 13.0 Å². The van der Waals surface area contributed by atoms with Gasteiger partial charge < -0.3 is 9.64 Å². The third kappa shape index (κ3) is 4.00. The number of rotatable bonds is 5. The summed E-state index contributed by atoms with van der Waals surface area (Å²) in [7, 11) is 1.39. The van der Waals surface area contributed by atoms with Crippen molar-refractivity contribution in [2.45, 2.75) is 17.7 Å². The first-order chi connectivity index (χ1) is 9.70. The number of likely N-dealkylation sites (tertiary alicyclic amines) is 1. The normalized spacial score (nSPS) is 18.1. The van der Waals surface area contributed by atoms with Crippen molar-refractivity contribution in [2.24, 2.45) is 5.92 Å². The van der Waals surface area contributed by atoms with Crippen LogP contribution in [-0.2, 0) is 14.3 Å². The summed E-state index contributed by atoms with van der Waals surface area (Å²) in [5, 5.41) is 0. The Kier molecular flexibility index (Phi) is 5.47. The highest BCUT2D eigenvalue weighted by Crippen LogP contribution is 2.21. The Morgan fingerprint density at radius 2 is 2.10 bits per heavy atom. The number of carbonyl (C=O) groups is 2. The van der Waals surface area contributed by atoms with E-state index in [0.29, 0.717) is 25.9 Å². The number of amides is 1. The number of methoxy groups -OCH3 is 1. The summed E-state index contributed by atoms with van der Waals surface area (Å²) in [6, 6.07) is 10.0. The molecule has 1 heterocycles. The highest BCUT2D eigenvalue weighted by atomic mass is 32.2. The first-order valence-electron chi connectivity index (χ1n) is 6.74. The Labute approximate surface area is 123 Å². The van der Waals surface area contributed by atoms with Gasteiger partial charge in [0.15, 0.2) is 0 Å². The van der Waals surface area contributed by atoms with Crippen LogP contribution in [0.2, 0.25) is 0 Å². The molecule has 108 valence electrons. The Hall–Kier alpha value is -1.49. The summed E-state index contributed by atoms with van der Waals surface area (Å²) in [5.41, 5.74) is 0. The van der Waals surface area contributed by atoms with Crippen LogP contribution in [0.3, 0.4) is 0 Å². The molecule has 1 fully saturated rings. The lowest BCUT2D eigenvalue weighted by Gasteiger charge is -2.15. The third-order valence-electron chi connectivity index (χ3n) is 3.40. The molecular weight excluding hydrogens is 274 g/mol. The Morgan fingerprint density at radius 3 is 2.80 bits per heavy atom. The van der Waals surface area contributed by atoms with Crippen molar-refractivity contribution in [3.05, 3.63) is 30.3 Å². The van der Waals surface area contributed by atoms with Crippen LogP contribution in [0, 0.1) is 5.92 Å². The van der Waals surface area contributed by atoms with Crippen LogP contribution in [0.4, 0.5) is 0 Å². The van der Waals surface area contributed by atoms with Gasteiger partial charge in [0, 0.05) is 30.2 Å². The molecular formula is C15H19NO3S. The molecule has 1 aliphatic heterocycles. The molecule has 1 amide bonds. The van der Waals surface area contributed by atoms with E-state index in [2.05, 4.69) is 0 Å². The Balaban J connectivity index is 1.72. The molecule has 0 bridgehead atoms. The lowest BCUT2D eigenvalue weighted by molar-refractivity contribution is -0.145. The number of hydrogen-bond acceptors (Lipinski definition) is 4. The molecule has 20 heavy (non-hydrogen) atoms. The lowest BCUT2D eigenvalue weighted by Crippen LogP contribution is -2.30. The van der Waals surface area contributed by atoms with E-state index in [0.717, 1.165) is 5.75 Å². The number of hydrogen-bond donors (Lipinski definition) is 0. The second kappa shape index (κ2) is 7.33. The van der Waals surface area contributed by atoms with Gasteiger partial charge in [-0.25, -0.2) is 0 Å². The molecule has 0 saturated carbocycles. The van der Waals surface area contributed by atoms with Crippen LogP contribution in [0.15, 0.2) is 35.2 Å². The van der Waals surface area contributed by atoms with Gasteiger partial charge in [0.2, 0.25) is 5.91 Å². The van der Waals surface area contributed by atoms with Gasteiger partial charge in [0.25, 0.3) is 0 Å². The smallest absolute Gasteiger partial charge is 0.310 e. The predicted octanol–water partition coefficient (Wildman–Crippen LogP) is 2.19. The minimum atomic E-state index is -0.209. The number of esters is 1. The molecule has 1 aliphatic rings. The Morgan fingerprint density at radius 1 is 1.35 bits per heavy atom. The SMILES string of the molecule is COC(=O)C1CCN(C(=O)CCSc2ccccc2)C1. The first kappa shape index (κ1) is 14.9. The summed E-state index contributed by atoms with van der Waals surface area (Å²) >= 11 is 1.68. The van der Waals surface area contributed by atoms with Crippen molar-refractivity contribution < 1.29 is 14.3 Å². The molecule has 0 radical (unpaired) electrons. The predicted molar refractivity (Wildman–Crippen MR) is 78.5 cm³/mol. The summed E-state index contributed by atoms with van der Waals surface area (Å²) in [5.74, 6) is 0.534. The van der Waals surface area contributed by atoms with E-state index in [1.807, 2.05) is 30.3 Å².